The molecule has 0 radical (unpaired) electrons. The predicted molar refractivity (Wildman–Crippen MR) is 62.2 cm³/mol. The minimum atomic E-state index is -1.13. The highest BCUT2D eigenvalue weighted by molar-refractivity contribution is 6.31. The van der Waals surface area contributed by atoms with E-state index in [1.54, 1.807) is 24.3 Å². The van der Waals surface area contributed by atoms with Crippen LogP contribution in [0.5, 0.6) is 0 Å². The summed E-state index contributed by atoms with van der Waals surface area (Å²) in [4.78, 5) is 12.0. The maximum absolute atomic E-state index is 12.0. The van der Waals surface area contributed by atoms with Gasteiger partial charge in [-0.1, -0.05) is 29.8 Å². The van der Waals surface area contributed by atoms with Gasteiger partial charge in [0.25, 0.3) is 0 Å². The molecular weight excluding hydrogens is 232 g/mol. The predicted octanol–water partition coefficient (Wildman–Crippen LogP) is 1.61. The molecule has 86 valence electrons. The number of benzene rings is 1. The zero-order chi connectivity index (χ0) is 11.8. The van der Waals surface area contributed by atoms with Gasteiger partial charge in [-0.05, 0) is 30.9 Å². The Hall–Kier alpha value is -0.900. The van der Waals surface area contributed by atoms with E-state index >= 15 is 0 Å². The first-order chi connectivity index (χ1) is 7.55. The lowest BCUT2D eigenvalue weighted by molar-refractivity contribution is -0.136. The number of aliphatic hydroxyl groups is 1. The lowest BCUT2D eigenvalue weighted by Crippen LogP contribution is -2.52. The molecule has 1 fully saturated rings. The van der Waals surface area contributed by atoms with Crippen molar-refractivity contribution in [3.05, 3.63) is 34.9 Å². The number of hydrogen-bond donors (Lipinski definition) is 2. The zero-order valence-corrected chi connectivity index (χ0v) is 9.57. The van der Waals surface area contributed by atoms with Crippen molar-refractivity contribution in [2.24, 2.45) is 5.73 Å². The largest absolute Gasteiger partial charge is 0.385 e. The molecule has 1 aromatic rings. The third-order valence-corrected chi connectivity index (χ3v) is 3.48. The summed E-state index contributed by atoms with van der Waals surface area (Å²) in [6.07, 6.45) is 0.791. The van der Waals surface area contributed by atoms with Crippen LogP contribution in [0, 0.1) is 0 Å². The minimum absolute atomic E-state index is 0.327. The topological polar surface area (TPSA) is 63.3 Å². The van der Waals surface area contributed by atoms with Gasteiger partial charge >= 0.3 is 0 Å². The van der Waals surface area contributed by atoms with E-state index in [9.17, 15) is 9.90 Å². The van der Waals surface area contributed by atoms with Crippen molar-refractivity contribution in [1.29, 1.82) is 0 Å². The number of Topliss-reactive ketones (excluding diaryl/α,β-unsaturated/α-hetero) is 1. The van der Waals surface area contributed by atoms with Gasteiger partial charge in [0.05, 0.1) is 0 Å². The van der Waals surface area contributed by atoms with Crippen LogP contribution in [0.25, 0.3) is 0 Å². The Balaban J connectivity index is 2.45. The highest BCUT2D eigenvalue weighted by atomic mass is 35.5. The first-order valence-electron chi connectivity index (χ1n) is 5.32. The number of ketones is 1. The number of carbonyl (C=O) groups is 1. The van der Waals surface area contributed by atoms with E-state index in [1.807, 2.05) is 0 Å². The van der Waals surface area contributed by atoms with Crippen LogP contribution in [-0.4, -0.2) is 17.0 Å². The van der Waals surface area contributed by atoms with Crippen LogP contribution < -0.4 is 5.73 Å². The number of aliphatic hydroxyl groups excluding tert-OH is 1. The third-order valence-electron chi connectivity index (χ3n) is 3.15. The standard InChI is InChI=1S/C12H14ClNO2/c13-9-5-2-1-4-8(9)12(14)7-3-6-10(15)11(12)16/h1-2,4-5,10,15H,3,6-7,14H2/i3+1,6+1,7+1,10+1,11+1,12+1. The summed E-state index contributed by atoms with van der Waals surface area (Å²) in [5, 5.41) is 10.1. The second kappa shape index (κ2) is 4.17. The van der Waals surface area contributed by atoms with Gasteiger partial charge in [0.1, 0.15) is 11.6 Å². The highest BCUT2D eigenvalue weighted by Gasteiger charge is 2.43. The fourth-order valence-corrected chi connectivity index (χ4v) is 2.52. The molecule has 0 aliphatic heterocycles. The molecule has 0 heterocycles. The number of hydrogen-bond acceptors (Lipinski definition) is 3. The van der Waals surface area contributed by atoms with Gasteiger partial charge in [-0.2, -0.15) is 0 Å². The molecule has 1 aliphatic carbocycles. The first-order valence-corrected chi connectivity index (χ1v) is 5.70. The first kappa shape index (κ1) is 11.6. The summed E-state index contributed by atoms with van der Waals surface area (Å²) in [5.74, 6) is -0.327. The van der Waals surface area contributed by atoms with Crippen molar-refractivity contribution >= 4 is 17.4 Å². The van der Waals surface area contributed by atoms with Crippen molar-refractivity contribution in [2.45, 2.75) is 30.9 Å². The van der Waals surface area contributed by atoms with E-state index in [1.165, 1.54) is 0 Å². The average Bonchev–Trinajstić information content (AvgIpc) is 2.26. The van der Waals surface area contributed by atoms with Gasteiger partial charge in [0.15, 0.2) is 5.78 Å². The Morgan fingerprint density at radius 3 is 2.81 bits per heavy atom. The normalized spacial score (nSPS) is 30.4. The molecular formula is C12H14ClNO2. The maximum atomic E-state index is 12.0. The van der Waals surface area contributed by atoms with Crippen molar-refractivity contribution in [2.75, 3.05) is 0 Å². The summed E-state index contributed by atoms with van der Waals surface area (Å²) >= 11 is 6.05. The molecule has 2 unspecified atom stereocenters. The molecule has 0 saturated heterocycles. The fraction of sp³-hybridized carbons (Fsp3) is 0.417. The van der Waals surface area contributed by atoms with E-state index in [4.69, 9.17) is 17.3 Å². The summed E-state index contributed by atoms with van der Waals surface area (Å²) in [6.45, 7) is 0. The van der Waals surface area contributed by atoms with E-state index in [0.29, 0.717) is 23.4 Å². The van der Waals surface area contributed by atoms with E-state index < -0.39 is 11.6 Å². The lowest BCUT2D eigenvalue weighted by atomic mass is 10.2. The number of carbonyl (C=O) groups excluding carboxylic acids is 1. The molecule has 0 amide bonds. The summed E-state index contributed by atoms with van der Waals surface area (Å²) < 4.78 is 0. The fourth-order valence-electron chi connectivity index (χ4n) is 2.22. The minimum Gasteiger partial charge on any atom is -0.385 e. The molecule has 0 aromatic heterocycles. The van der Waals surface area contributed by atoms with E-state index in [-0.39, 0.29) is 5.78 Å². The summed E-state index contributed by atoms with van der Waals surface area (Å²) in [7, 11) is 0. The van der Waals surface area contributed by atoms with Crippen LogP contribution in [0.4, 0.5) is 0 Å². The Kier molecular flexibility index (Phi) is 3.02. The molecule has 2 rings (SSSR count). The molecule has 4 heteroatoms. The van der Waals surface area contributed by atoms with Crippen molar-refractivity contribution in [1.82, 2.24) is 0 Å². The Labute approximate surface area is 99.2 Å². The van der Waals surface area contributed by atoms with Crippen molar-refractivity contribution in [3.8, 4) is 0 Å². The third kappa shape index (κ3) is 1.75. The van der Waals surface area contributed by atoms with Crippen LogP contribution in [0.2, 0.25) is 5.02 Å². The highest BCUT2D eigenvalue weighted by Crippen LogP contribution is 2.35. The second-order valence-corrected chi connectivity index (χ2v) is 4.63. The number of halogens is 1. The van der Waals surface area contributed by atoms with Crippen molar-refractivity contribution in [3.63, 3.8) is 0 Å². The molecule has 1 aliphatic rings. The quantitative estimate of drug-likeness (QED) is 0.739. The Morgan fingerprint density at radius 2 is 2.12 bits per heavy atom. The van der Waals surface area contributed by atoms with Gasteiger partial charge < -0.3 is 10.8 Å². The van der Waals surface area contributed by atoms with Crippen LogP contribution in [0.15, 0.2) is 24.3 Å². The number of rotatable bonds is 1. The molecule has 1 saturated carbocycles. The molecule has 16 heavy (non-hydrogen) atoms. The van der Waals surface area contributed by atoms with E-state index in [0.717, 1.165) is 6.42 Å². The van der Waals surface area contributed by atoms with Crippen molar-refractivity contribution < 1.29 is 9.90 Å². The lowest BCUT2D eigenvalue weighted by Gasteiger charge is -2.35. The van der Waals surface area contributed by atoms with E-state index in [2.05, 4.69) is 0 Å². The maximum Gasteiger partial charge on any atom is 0.185 e. The smallest absolute Gasteiger partial charge is 0.185 e. The summed E-state index contributed by atoms with van der Waals surface area (Å²) in [5.41, 5.74) is 5.60. The van der Waals surface area contributed by atoms with Gasteiger partial charge in [-0.15, -0.1) is 0 Å². The number of nitrogens with two attached hydrogens (primary N) is 1. The van der Waals surface area contributed by atoms with Crippen LogP contribution in [-0.2, 0) is 10.3 Å². The molecule has 3 nitrogen and oxygen atoms in total. The van der Waals surface area contributed by atoms with Gasteiger partial charge in [0.2, 0.25) is 0 Å². The summed E-state index contributed by atoms with van der Waals surface area (Å²) in [6, 6.07) is 7.04. The van der Waals surface area contributed by atoms with Crippen LogP contribution in [0.1, 0.15) is 24.8 Å². The Morgan fingerprint density at radius 1 is 1.44 bits per heavy atom. The monoisotopic (exact) mass is 245 g/mol. The molecule has 2 atom stereocenters. The zero-order valence-electron chi connectivity index (χ0n) is 8.82. The van der Waals surface area contributed by atoms with Gasteiger partial charge in [-0.25, -0.2) is 0 Å². The van der Waals surface area contributed by atoms with Crippen LogP contribution >= 0.6 is 11.6 Å². The molecule has 1 aromatic carbocycles. The van der Waals surface area contributed by atoms with Gasteiger partial charge in [-0.3, -0.25) is 4.79 Å². The average molecular weight is 246 g/mol. The van der Waals surface area contributed by atoms with Gasteiger partial charge in [0, 0.05) is 5.02 Å². The SMILES string of the molecule is N[13C]1(c2ccccc2Cl)[13CH2][13CH2][13CH2][13CH](O)[13C]1=O. The molecule has 3 N–H and O–H groups in total. The molecule has 0 bridgehead atoms. The van der Waals surface area contributed by atoms with Crippen LogP contribution in [0.3, 0.4) is 0 Å². The molecule has 0 spiro atoms. The Bertz CT molecular complexity index is 421. The second-order valence-electron chi connectivity index (χ2n) is 4.22.